The van der Waals surface area contributed by atoms with Gasteiger partial charge in [-0.05, 0) is 265 Å². The minimum Gasteiger partial charge on any atom is -0.360 e. The first-order chi connectivity index (χ1) is 64.5. The highest BCUT2D eigenvalue weighted by Gasteiger charge is 2.39. The number of anilines is 9. The van der Waals surface area contributed by atoms with Gasteiger partial charge >= 0.3 is 12.4 Å². The number of thiazole rings is 1. The third-order valence-corrected chi connectivity index (χ3v) is 26.8. The molecule has 6 N–H and O–H groups in total. The van der Waals surface area contributed by atoms with Gasteiger partial charge in [0.2, 0.25) is 41.4 Å². The highest BCUT2D eigenvalue weighted by Crippen LogP contribution is 2.38. The Morgan fingerprint density at radius 1 is 0.418 bits per heavy atom. The average Bonchev–Trinajstić information content (AvgIpc) is 1.63. The summed E-state index contributed by atoms with van der Waals surface area (Å²) in [6, 6.07) is 51.1. The van der Waals surface area contributed by atoms with Crippen molar-refractivity contribution in [1.82, 2.24) is 40.5 Å². The number of H-pyrrole nitrogens is 1. The molecule has 708 valence electrons. The fraction of sp³-hybridized carbons (Fsp3) is 0.371. The van der Waals surface area contributed by atoms with E-state index in [4.69, 9.17) is 69.6 Å². The summed E-state index contributed by atoms with van der Waals surface area (Å²) in [5.74, 6) is -0.683. The third kappa shape index (κ3) is 27.1. The second-order valence-corrected chi connectivity index (χ2v) is 37.0. The summed E-state index contributed by atoms with van der Waals surface area (Å²) in [5, 5.41) is 20.9. The van der Waals surface area contributed by atoms with Crippen LogP contribution in [0.4, 0.5) is 86.3 Å². The number of alkyl halides is 6. The van der Waals surface area contributed by atoms with Crippen molar-refractivity contribution in [3.05, 3.63) is 253 Å². The van der Waals surface area contributed by atoms with Gasteiger partial charge in [0.1, 0.15) is 47.5 Å². The number of halogens is 14. The summed E-state index contributed by atoms with van der Waals surface area (Å²) in [6.07, 6.45) is 8.53. The van der Waals surface area contributed by atoms with Crippen LogP contribution < -0.4 is 56.0 Å². The van der Waals surface area contributed by atoms with Crippen molar-refractivity contribution >= 4 is 173 Å². The SMILES string of the molecule is O=C(NCCC1CCCCC1)[C@@H]1CCCN1c1ccc(Cl)cc1.O=C(NCCN1CCN(c2nccc(C(F)(F)F)n2)CC1)[C@@H]1CCCN1c1ccc(Cl)cc1.O=C(Nc1ccc(C(F)(F)F)c(F)c1)[C@@H]1CCCN1c1ccc(Cl)cc1.O=C(Nc1nc(-c2ccc(F)cc2)cs1)[C@@H]1CCCN1c1ccc(Cl)cc1.O=C(Nc1nc2ccc(Cl)cc2[nH]1)[C@@H]1CCCN1c1ccc(Cl)cc1. The van der Waals surface area contributed by atoms with Crippen LogP contribution in [0.1, 0.15) is 114 Å². The lowest BCUT2D eigenvalue weighted by atomic mass is 9.87. The maximum atomic E-state index is 13.7. The Hall–Kier alpha value is -10.8. The van der Waals surface area contributed by atoms with E-state index in [1.807, 2.05) is 113 Å². The summed E-state index contributed by atoms with van der Waals surface area (Å²) in [4.78, 5) is 97.4. The molecule has 37 heteroatoms. The van der Waals surface area contributed by atoms with Crippen molar-refractivity contribution in [1.29, 1.82) is 0 Å². The quantitative estimate of drug-likeness (QED) is 0.0367. The first-order valence-corrected chi connectivity index (χ1v) is 47.9. The van der Waals surface area contributed by atoms with Crippen molar-refractivity contribution in [2.75, 3.05) is 124 Å². The van der Waals surface area contributed by atoms with E-state index in [0.29, 0.717) is 101 Å². The molecule has 1 saturated carbocycles. The zero-order valence-electron chi connectivity index (χ0n) is 73.0. The number of fused-ring (bicyclic) bond motifs is 1. The molecule has 1 aliphatic carbocycles. The van der Waals surface area contributed by atoms with E-state index in [1.54, 1.807) is 53.4 Å². The summed E-state index contributed by atoms with van der Waals surface area (Å²) in [5.41, 5.74) is 5.69. The molecule has 6 aliphatic heterocycles. The topological polar surface area (TPSA) is 236 Å². The van der Waals surface area contributed by atoms with Crippen molar-refractivity contribution in [3.63, 3.8) is 0 Å². The summed E-state index contributed by atoms with van der Waals surface area (Å²) >= 11 is 37.1. The first-order valence-electron chi connectivity index (χ1n) is 44.7. The van der Waals surface area contributed by atoms with Crippen molar-refractivity contribution in [3.8, 4) is 11.3 Å². The number of nitrogens with zero attached hydrogens (tertiary/aromatic N) is 11. The van der Waals surface area contributed by atoms with Gasteiger partial charge in [-0.2, -0.15) is 26.3 Å². The Balaban J connectivity index is 0.000000135. The molecular weight excluding hydrogens is 1880 g/mol. The number of benzene rings is 8. The molecular formula is C97H101Cl6F8N17O5S. The highest BCUT2D eigenvalue weighted by atomic mass is 35.5. The smallest absolute Gasteiger partial charge is 0.360 e. The monoisotopic (exact) mass is 1980 g/mol. The number of rotatable bonds is 21. The molecule has 0 spiro atoms. The van der Waals surface area contributed by atoms with E-state index < -0.39 is 41.4 Å². The zero-order chi connectivity index (χ0) is 94.6. The minimum absolute atomic E-state index is 0.0107. The molecule has 5 amide bonds. The number of carbonyl (C=O) groups is 5. The number of hydrogen-bond donors (Lipinski definition) is 6. The predicted molar refractivity (Wildman–Crippen MR) is 518 cm³/mol. The number of aromatic amines is 1. The fourth-order valence-electron chi connectivity index (χ4n) is 17.7. The predicted octanol–water partition coefficient (Wildman–Crippen LogP) is 22.2. The number of hydrogen-bond acceptors (Lipinski definition) is 17. The molecule has 22 nitrogen and oxygen atoms in total. The number of imidazole rings is 1. The van der Waals surface area contributed by atoms with Crippen LogP contribution in [0.25, 0.3) is 22.3 Å². The molecule has 7 aliphatic rings. The van der Waals surface area contributed by atoms with Gasteiger partial charge in [-0.1, -0.05) is 102 Å². The highest BCUT2D eigenvalue weighted by molar-refractivity contribution is 7.14. The Morgan fingerprint density at radius 3 is 1.30 bits per heavy atom. The van der Waals surface area contributed by atoms with E-state index in [0.717, 1.165) is 177 Å². The molecule has 134 heavy (non-hydrogen) atoms. The number of aromatic nitrogens is 5. The molecule has 0 radical (unpaired) electrons. The standard InChI is InChI=1S/C22H26ClF3N6O.C20H17ClFN3OS.C19H27ClN2O.C18H16Cl2N4O.C18H15ClF4N2O/c23-16-3-5-17(6-4-16)32-10-1-2-18(32)20(33)27-9-11-30-12-14-31(15-13-30)21-28-8-7-19(29-21)22(24,25)26;21-14-5-9-16(10-6-14)25-11-1-2-18(25)19(26)24-20-23-17(12-27-20)13-3-7-15(22)8-4-13;20-16-8-10-17(11-9-16)22-14-4-7-18(22)19(23)21-13-12-15-5-2-1-3-6-15;19-11-3-6-13(7-4-11)24-9-1-2-16(24)17(25)23-18-21-14-8-5-12(20)10-15(14)22-18;19-11-3-6-13(7-4-11)25-9-1-2-16(25)17(26)24-12-5-8-14(15(20)10-12)18(21,22)23/h3-8,18H,1-2,9-15H2,(H,27,33);3-10,12,18H,1-2,11H2,(H,23,24,26);8-11,15,18H,1-7,12-14H2,(H,21,23);3-8,10,16H,1-2,9H2,(H2,21,22,23,25);3-8,10,16H,1-2,9H2,(H,24,26)/t3*18-;2*16-/m00000/s1. The van der Waals surface area contributed by atoms with Gasteiger partial charge in [-0.3, -0.25) is 34.2 Å². The van der Waals surface area contributed by atoms with Gasteiger partial charge in [-0.15, -0.1) is 11.3 Å². The van der Waals surface area contributed by atoms with Crippen LogP contribution in [0.15, 0.2) is 200 Å². The van der Waals surface area contributed by atoms with Gasteiger partial charge in [0, 0.05) is 160 Å². The Kier molecular flexibility index (Phi) is 34.5. The molecule has 8 aromatic carbocycles. The molecule has 9 heterocycles. The Morgan fingerprint density at radius 2 is 0.851 bits per heavy atom. The normalized spacial score (nSPS) is 18.6. The van der Waals surface area contributed by atoms with Crippen LogP contribution in [0.2, 0.25) is 30.1 Å². The summed E-state index contributed by atoms with van der Waals surface area (Å²) < 4.78 is 103. The first kappa shape index (κ1) is 99.2. The maximum Gasteiger partial charge on any atom is 0.433 e. The minimum atomic E-state index is -4.77. The molecule has 7 fully saturated rings. The van der Waals surface area contributed by atoms with Gasteiger partial charge in [0.25, 0.3) is 0 Å². The number of nitrogens with one attached hydrogen (secondary N) is 6. The molecule has 0 unspecified atom stereocenters. The van der Waals surface area contributed by atoms with Crippen LogP contribution in [-0.2, 0) is 36.3 Å². The molecule has 5 atom stereocenters. The van der Waals surface area contributed by atoms with E-state index >= 15 is 0 Å². The molecule has 3 aromatic heterocycles. The zero-order valence-corrected chi connectivity index (χ0v) is 78.3. The van der Waals surface area contributed by atoms with E-state index in [2.05, 4.69) is 76.0 Å². The van der Waals surface area contributed by atoms with Gasteiger partial charge in [0.15, 0.2) is 5.13 Å². The third-order valence-electron chi connectivity index (χ3n) is 24.6. The summed E-state index contributed by atoms with van der Waals surface area (Å²) in [7, 11) is 0. The molecule has 11 aromatic rings. The number of carbonyl (C=O) groups excluding carboxylic acids is 5. The largest absolute Gasteiger partial charge is 0.433 e. The average molecular weight is 1980 g/mol. The van der Waals surface area contributed by atoms with Crippen molar-refractivity contribution in [2.24, 2.45) is 5.92 Å². The van der Waals surface area contributed by atoms with Crippen molar-refractivity contribution < 1.29 is 59.1 Å². The van der Waals surface area contributed by atoms with E-state index in [1.165, 1.54) is 55.6 Å². The molecule has 18 rings (SSSR count). The van der Waals surface area contributed by atoms with Crippen LogP contribution in [0.5, 0.6) is 0 Å². The van der Waals surface area contributed by atoms with Crippen LogP contribution >= 0.6 is 80.9 Å². The van der Waals surface area contributed by atoms with Crippen LogP contribution in [0.3, 0.4) is 0 Å². The lowest BCUT2D eigenvalue weighted by Gasteiger charge is -2.35. The van der Waals surface area contributed by atoms with Crippen LogP contribution in [-0.4, -0.2) is 168 Å². The van der Waals surface area contributed by atoms with Crippen LogP contribution in [0, 0.1) is 17.6 Å². The van der Waals surface area contributed by atoms with Crippen molar-refractivity contribution in [2.45, 2.75) is 145 Å². The van der Waals surface area contributed by atoms with Gasteiger partial charge < -0.3 is 55.7 Å². The number of amides is 5. The van der Waals surface area contributed by atoms with Gasteiger partial charge in [0.05, 0.1) is 22.3 Å². The fourth-order valence-corrected chi connectivity index (χ4v) is 19.3. The molecule has 0 bridgehead atoms. The van der Waals surface area contributed by atoms with E-state index in [-0.39, 0.29) is 65.2 Å². The summed E-state index contributed by atoms with van der Waals surface area (Å²) in [6.45, 7) is 8.53. The number of piperazine rings is 1. The lowest BCUT2D eigenvalue weighted by Crippen LogP contribution is -2.50. The second kappa shape index (κ2) is 46.7. The lowest BCUT2D eigenvalue weighted by molar-refractivity contribution is -0.141. The second-order valence-electron chi connectivity index (χ2n) is 33.5. The Labute approximate surface area is 805 Å². The Bertz CT molecular complexity index is 5750. The maximum absolute atomic E-state index is 13.7. The van der Waals surface area contributed by atoms with Gasteiger partial charge in [-0.25, -0.2) is 28.7 Å². The molecule has 6 saturated heterocycles. The van der Waals surface area contributed by atoms with E-state index in [9.17, 15) is 59.1 Å².